The average Bonchev–Trinajstić information content (AvgIpc) is 3.79. The predicted molar refractivity (Wildman–Crippen MR) is 228 cm³/mol. The van der Waals surface area contributed by atoms with Crippen LogP contribution >= 0.6 is 0 Å². The van der Waals surface area contributed by atoms with E-state index in [4.69, 9.17) is 9.97 Å². The van der Waals surface area contributed by atoms with Gasteiger partial charge in [-0.25, -0.2) is 4.98 Å². The fourth-order valence-corrected chi connectivity index (χ4v) is 8.11. The summed E-state index contributed by atoms with van der Waals surface area (Å²) in [6.07, 6.45) is 5.49. The summed E-state index contributed by atoms with van der Waals surface area (Å²) in [5, 5.41) is 3.57. The Labute approximate surface area is 322 Å². The van der Waals surface area contributed by atoms with E-state index < -0.39 is 0 Å². The van der Waals surface area contributed by atoms with Crippen LogP contribution in [0.4, 0.5) is 0 Å². The first-order chi connectivity index (χ1) is 27.8. The predicted octanol–water partition coefficient (Wildman–Crippen LogP) is 12.1. The number of fused-ring (bicyclic) bond motifs is 6. The Bertz CT molecular complexity index is 3180. The number of para-hydroxylation sites is 2. The van der Waals surface area contributed by atoms with Gasteiger partial charge >= 0.3 is 0 Å². The zero-order valence-corrected chi connectivity index (χ0v) is 30.2. The van der Waals surface area contributed by atoms with E-state index in [-0.39, 0.29) is 0 Å². The molecule has 0 amide bonds. The van der Waals surface area contributed by atoms with Gasteiger partial charge in [0.25, 0.3) is 0 Å². The third-order valence-electron chi connectivity index (χ3n) is 10.7. The van der Waals surface area contributed by atoms with E-state index in [0.717, 1.165) is 72.8 Å². The van der Waals surface area contributed by atoms with Crippen LogP contribution in [0.25, 0.3) is 100 Å². The highest BCUT2D eigenvalue weighted by atomic mass is 15.0. The Morgan fingerprint density at radius 3 is 1.61 bits per heavy atom. The third-order valence-corrected chi connectivity index (χ3v) is 10.7. The van der Waals surface area contributed by atoms with Crippen molar-refractivity contribution in [2.45, 2.75) is 0 Å². The van der Waals surface area contributed by atoms with E-state index >= 15 is 0 Å². The molecule has 0 radical (unpaired) electrons. The van der Waals surface area contributed by atoms with E-state index in [0.29, 0.717) is 0 Å². The van der Waals surface area contributed by atoms with Crippen molar-refractivity contribution in [3.8, 4) is 56.4 Å². The van der Waals surface area contributed by atoms with E-state index in [1.165, 1.54) is 27.4 Å². The number of nitrogens with zero attached hydrogens (tertiary/aromatic N) is 6. The van der Waals surface area contributed by atoms with E-state index in [9.17, 15) is 0 Å². The highest BCUT2D eigenvalue weighted by molar-refractivity contribution is 6.12. The molecule has 6 heterocycles. The number of pyridine rings is 4. The lowest BCUT2D eigenvalue weighted by Crippen LogP contribution is -1.96. The molecule has 0 atom stereocenters. The SMILES string of the molecule is c1ccc(-n2c3ccccc3c3cc(-c4ccc5c(c4)c4ncccc4n5-c4cccc(-c5cc(-c6ccccn6)nc(-c6ccccn6)c5)c4)ccc32)cc1. The third kappa shape index (κ3) is 5.27. The smallest absolute Gasteiger partial charge is 0.0963 e. The summed E-state index contributed by atoms with van der Waals surface area (Å²) in [6, 6.07) is 61.7. The van der Waals surface area contributed by atoms with Gasteiger partial charge in [0.05, 0.1) is 50.4 Å². The van der Waals surface area contributed by atoms with Crippen molar-refractivity contribution in [1.29, 1.82) is 0 Å². The lowest BCUT2D eigenvalue weighted by Gasteiger charge is -2.12. The zero-order chi connectivity index (χ0) is 37.0. The van der Waals surface area contributed by atoms with Crippen molar-refractivity contribution in [1.82, 2.24) is 29.1 Å². The number of benzene rings is 5. The largest absolute Gasteiger partial charge is 0.309 e. The standard InChI is InChI=1S/C50H32N6/c1-2-13-37(14-3-1)55-46-19-5-4-16-39(46)40-29-34(21-23-47(40)55)35-22-24-48-41(30-35)50-49(20-11-27-53-50)56(48)38-15-10-12-33(28-38)36-31-44(42-17-6-8-25-51-42)54-45(32-36)43-18-7-9-26-52-43/h1-32H. The quantitative estimate of drug-likeness (QED) is 0.172. The van der Waals surface area contributed by atoms with Crippen LogP contribution in [0, 0.1) is 0 Å². The van der Waals surface area contributed by atoms with Crippen molar-refractivity contribution in [2.24, 2.45) is 0 Å². The molecule has 0 aliphatic carbocycles. The van der Waals surface area contributed by atoms with Crippen molar-refractivity contribution in [2.75, 3.05) is 0 Å². The first kappa shape index (κ1) is 31.8. The lowest BCUT2D eigenvalue weighted by atomic mass is 10.0. The highest BCUT2D eigenvalue weighted by Crippen LogP contribution is 2.38. The number of hydrogen-bond donors (Lipinski definition) is 0. The van der Waals surface area contributed by atoms with Gasteiger partial charge in [-0.15, -0.1) is 0 Å². The first-order valence-corrected chi connectivity index (χ1v) is 18.7. The maximum atomic E-state index is 4.99. The minimum absolute atomic E-state index is 0.797. The van der Waals surface area contributed by atoms with Crippen molar-refractivity contribution >= 4 is 43.7 Å². The Morgan fingerprint density at radius 2 is 0.875 bits per heavy atom. The van der Waals surface area contributed by atoms with Crippen LogP contribution in [-0.4, -0.2) is 29.1 Å². The second-order valence-corrected chi connectivity index (χ2v) is 14.0. The summed E-state index contributed by atoms with van der Waals surface area (Å²) in [5.41, 5.74) is 15.3. The molecule has 262 valence electrons. The molecule has 0 aliphatic heterocycles. The van der Waals surface area contributed by atoms with Crippen molar-refractivity contribution in [3.05, 3.63) is 195 Å². The normalized spacial score (nSPS) is 11.6. The molecule has 0 aliphatic rings. The molecule has 0 saturated heterocycles. The maximum absolute atomic E-state index is 4.99. The van der Waals surface area contributed by atoms with Crippen LogP contribution in [0.5, 0.6) is 0 Å². The molecule has 6 heteroatoms. The second kappa shape index (κ2) is 13.0. The molecule has 11 rings (SSSR count). The Hall–Kier alpha value is -7.70. The maximum Gasteiger partial charge on any atom is 0.0963 e. The van der Waals surface area contributed by atoms with E-state index in [1.807, 2.05) is 48.7 Å². The zero-order valence-electron chi connectivity index (χ0n) is 30.2. The summed E-state index contributed by atoms with van der Waals surface area (Å²) in [5.74, 6) is 0. The molecule has 56 heavy (non-hydrogen) atoms. The van der Waals surface area contributed by atoms with Crippen LogP contribution in [0.2, 0.25) is 0 Å². The lowest BCUT2D eigenvalue weighted by molar-refractivity contribution is 1.17. The number of aromatic nitrogens is 6. The molecule has 0 saturated carbocycles. The van der Waals surface area contributed by atoms with E-state index in [2.05, 4.69) is 153 Å². The second-order valence-electron chi connectivity index (χ2n) is 14.0. The first-order valence-electron chi connectivity index (χ1n) is 18.7. The van der Waals surface area contributed by atoms with Crippen LogP contribution < -0.4 is 0 Å². The Kier molecular flexibility index (Phi) is 7.38. The van der Waals surface area contributed by atoms with Gasteiger partial charge in [-0.1, -0.05) is 72.8 Å². The van der Waals surface area contributed by atoms with Crippen LogP contribution in [0.1, 0.15) is 0 Å². The molecule has 0 fully saturated rings. The highest BCUT2D eigenvalue weighted by Gasteiger charge is 2.18. The van der Waals surface area contributed by atoms with Gasteiger partial charge in [-0.2, -0.15) is 0 Å². The number of rotatable bonds is 6. The Balaban J connectivity index is 1.05. The van der Waals surface area contributed by atoms with Gasteiger partial charge in [0, 0.05) is 46.1 Å². The fraction of sp³-hybridized carbons (Fsp3) is 0. The molecule has 0 bridgehead atoms. The summed E-state index contributed by atoms with van der Waals surface area (Å²) in [6.45, 7) is 0. The topological polar surface area (TPSA) is 61.4 Å². The van der Waals surface area contributed by atoms with Crippen molar-refractivity contribution in [3.63, 3.8) is 0 Å². The van der Waals surface area contributed by atoms with Crippen LogP contribution in [-0.2, 0) is 0 Å². The fourth-order valence-electron chi connectivity index (χ4n) is 8.11. The molecule has 0 unspecified atom stereocenters. The van der Waals surface area contributed by atoms with Crippen LogP contribution in [0.3, 0.4) is 0 Å². The van der Waals surface area contributed by atoms with E-state index in [1.54, 1.807) is 12.4 Å². The molecule has 0 N–H and O–H groups in total. The molecule has 6 aromatic heterocycles. The molecule has 11 aromatic rings. The monoisotopic (exact) mass is 716 g/mol. The van der Waals surface area contributed by atoms with Gasteiger partial charge in [-0.3, -0.25) is 15.0 Å². The van der Waals surface area contributed by atoms with Gasteiger partial charge in [0.15, 0.2) is 0 Å². The van der Waals surface area contributed by atoms with Crippen molar-refractivity contribution < 1.29 is 0 Å². The van der Waals surface area contributed by atoms with Gasteiger partial charge < -0.3 is 9.13 Å². The number of hydrogen-bond acceptors (Lipinski definition) is 4. The summed E-state index contributed by atoms with van der Waals surface area (Å²) >= 11 is 0. The minimum atomic E-state index is 0.797. The molecular weight excluding hydrogens is 685 g/mol. The summed E-state index contributed by atoms with van der Waals surface area (Å²) < 4.78 is 4.68. The molecule has 6 nitrogen and oxygen atoms in total. The summed E-state index contributed by atoms with van der Waals surface area (Å²) in [4.78, 5) is 19.2. The molecule has 0 spiro atoms. The van der Waals surface area contributed by atoms with Gasteiger partial charge in [0.2, 0.25) is 0 Å². The Morgan fingerprint density at radius 1 is 0.304 bits per heavy atom. The van der Waals surface area contributed by atoms with Gasteiger partial charge in [0.1, 0.15) is 0 Å². The minimum Gasteiger partial charge on any atom is -0.309 e. The molecular formula is C50H32N6. The van der Waals surface area contributed by atoms with Crippen LogP contribution in [0.15, 0.2) is 195 Å². The molecule has 5 aromatic carbocycles. The average molecular weight is 717 g/mol. The van der Waals surface area contributed by atoms with Gasteiger partial charge in [-0.05, 0) is 125 Å². The summed E-state index contributed by atoms with van der Waals surface area (Å²) in [7, 11) is 0.